The zero-order chi connectivity index (χ0) is 8.72. The van der Waals surface area contributed by atoms with Gasteiger partial charge in [0.1, 0.15) is 11.6 Å². The van der Waals surface area contributed by atoms with Crippen molar-refractivity contribution in [2.75, 3.05) is 0 Å². The maximum Gasteiger partial charge on any atom is 0.136 e. The van der Waals surface area contributed by atoms with E-state index < -0.39 is 5.82 Å². The van der Waals surface area contributed by atoms with Gasteiger partial charge in [-0.2, -0.15) is 0 Å². The normalized spacial score (nSPS) is 10.8. The predicted octanol–water partition coefficient (Wildman–Crippen LogP) is 3.35. The molecule has 0 aliphatic carbocycles. The molecule has 1 heterocycles. The topological polar surface area (TPSA) is 20.2 Å². The minimum Gasteiger partial charge on any atom is -0.506 e. The average molecular weight is 294 g/mol. The maximum atomic E-state index is 12.7. The fourth-order valence-corrected chi connectivity index (χ4v) is 2.84. The summed E-state index contributed by atoms with van der Waals surface area (Å²) in [5.74, 6) is -0.368. The molecule has 0 spiro atoms. The third-order valence-corrected chi connectivity index (χ3v) is 3.47. The number of thiophene rings is 1. The van der Waals surface area contributed by atoms with Crippen LogP contribution in [-0.4, -0.2) is 5.11 Å². The molecule has 0 fully saturated rings. The Hall–Kier alpha value is -0.360. The molecule has 0 bridgehead atoms. The number of halogens is 2. The lowest BCUT2D eigenvalue weighted by atomic mass is 10.2. The van der Waals surface area contributed by atoms with Crippen LogP contribution < -0.4 is 0 Å². The highest BCUT2D eigenvalue weighted by Crippen LogP contribution is 2.34. The van der Waals surface area contributed by atoms with Crippen LogP contribution >= 0.6 is 33.9 Å². The van der Waals surface area contributed by atoms with Crippen LogP contribution in [0.2, 0.25) is 0 Å². The van der Waals surface area contributed by atoms with Crippen molar-refractivity contribution in [3.63, 3.8) is 0 Å². The lowest BCUT2D eigenvalue weighted by Gasteiger charge is -1.93. The van der Waals surface area contributed by atoms with E-state index in [0.29, 0.717) is 0 Å². The van der Waals surface area contributed by atoms with Crippen molar-refractivity contribution < 1.29 is 9.50 Å². The number of phenolic OH excluding ortho intramolecular Hbond substituents is 1. The first kappa shape index (κ1) is 8.25. The molecule has 62 valence electrons. The number of aromatic hydroxyl groups is 1. The summed E-state index contributed by atoms with van der Waals surface area (Å²) in [5, 5.41) is 10.1. The molecule has 0 amide bonds. The van der Waals surface area contributed by atoms with E-state index in [1.165, 1.54) is 17.4 Å². The van der Waals surface area contributed by atoms with E-state index in [1.807, 2.05) is 6.07 Å². The van der Waals surface area contributed by atoms with Crippen molar-refractivity contribution in [1.82, 2.24) is 0 Å². The molecule has 0 radical (unpaired) electrons. The molecule has 2 aromatic rings. The van der Waals surface area contributed by atoms with Crippen molar-refractivity contribution in [1.29, 1.82) is 0 Å². The van der Waals surface area contributed by atoms with Gasteiger partial charge in [-0.3, -0.25) is 0 Å². The molecule has 2 rings (SSSR count). The second-order valence-corrected chi connectivity index (χ2v) is 5.34. The van der Waals surface area contributed by atoms with E-state index in [-0.39, 0.29) is 5.75 Å². The number of fused-ring (bicyclic) bond motifs is 1. The summed E-state index contributed by atoms with van der Waals surface area (Å²) in [6, 6.07) is 4.41. The van der Waals surface area contributed by atoms with Crippen LogP contribution in [0.3, 0.4) is 0 Å². The van der Waals surface area contributed by atoms with E-state index in [0.717, 1.165) is 19.0 Å². The molecule has 0 saturated heterocycles. The average Bonchev–Trinajstić information content (AvgIpc) is 2.29. The summed E-state index contributed by atoms with van der Waals surface area (Å²) in [4.78, 5) is 0. The summed E-state index contributed by atoms with van der Waals surface area (Å²) in [7, 11) is 0. The Morgan fingerprint density at radius 2 is 2.08 bits per heavy atom. The third-order valence-electron chi connectivity index (χ3n) is 1.53. The molecule has 0 atom stereocenters. The zero-order valence-corrected chi connectivity index (χ0v) is 8.82. The number of rotatable bonds is 0. The van der Waals surface area contributed by atoms with Gasteiger partial charge in [0.15, 0.2) is 0 Å². The summed E-state index contributed by atoms with van der Waals surface area (Å²) < 4.78 is 14.5. The highest BCUT2D eigenvalue weighted by molar-refractivity contribution is 14.1. The highest BCUT2D eigenvalue weighted by Gasteiger charge is 2.05. The number of hydrogen-bond donors (Lipinski definition) is 1. The van der Waals surface area contributed by atoms with Crippen LogP contribution in [-0.2, 0) is 0 Å². The van der Waals surface area contributed by atoms with E-state index in [1.54, 1.807) is 0 Å². The Morgan fingerprint density at radius 1 is 1.33 bits per heavy atom. The quantitative estimate of drug-likeness (QED) is 0.739. The molecule has 1 nitrogen and oxygen atoms in total. The smallest absolute Gasteiger partial charge is 0.136 e. The van der Waals surface area contributed by atoms with Crippen LogP contribution in [0.15, 0.2) is 18.2 Å². The maximum absolute atomic E-state index is 12.7. The SMILES string of the molecule is Oc1cc(F)cc2cc(I)sc12. The first-order valence-electron chi connectivity index (χ1n) is 3.24. The molecule has 4 heteroatoms. The van der Waals surface area contributed by atoms with E-state index in [4.69, 9.17) is 0 Å². The third kappa shape index (κ3) is 1.29. The van der Waals surface area contributed by atoms with Crippen molar-refractivity contribution in [2.45, 2.75) is 0 Å². The van der Waals surface area contributed by atoms with Crippen LogP contribution in [0.1, 0.15) is 0 Å². The summed E-state index contributed by atoms with van der Waals surface area (Å²) in [5.41, 5.74) is 0. The Bertz CT molecular complexity index is 438. The first-order chi connectivity index (χ1) is 5.66. The van der Waals surface area contributed by atoms with Gasteiger partial charge in [-0.25, -0.2) is 4.39 Å². The molecule has 0 aliphatic rings. The van der Waals surface area contributed by atoms with Gasteiger partial charge in [-0.05, 0) is 34.7 Å². The van der Waals surface area contributed by atoms with Crippen molar-refractivity contribution in [3.05, 3.63) is 26.9 Å². The van der Waals surface area contributed by atoms with Crippen molar-refractivity contribution in [2.24, 2.45) is 0 Å². The molecule has 0 unspecified atom stereocenters. The Labute approximate surface area is 86.0 Å². The Balaban J connectivity index is 2.88. The predicted molar refractivity (Wildman–Crippen MR) is 56.2 cm³/mol. The van der Waals surface area contributed by atoms with Gasteiger partial charge in [0.25, 0.3) is 0 Å². The van der Waals surface area contributed by atoms with Gasteiger partial charge < -0.3 is 5.11 Å². The molecule has 0 aliphatic heterocycles. The van der Waals surface area contributed by atoms with Gasteiger partial charge in [0, 0.05) is 11.5 Å². The van der Waals surface area contributed by atoms with Gasteiger partial charge in [0.2, 0.25) is 0 Å². The summed E-state index contributed by atoms with van der Waals surface area (Å²) in [6.45, 7) is 0. The van der Waals surface area contributed by atoms with E-state index in [2.05, 4.69) is 22.6 Å². The van der Waals surface area contributed by atoms with Gasteiger partial charge in [0.05, 0.1) is 7.58 Å². The second kappa shape index (κ2) is 2.85. The summed E-state index contributed by atoms with van der Waals surface area (Å²) >= 11 is 3.60. The van der Waals surface area contributed by atoms with Gasteiger partial charge >= 0.3 is 0 Å². The lowest BCUT2D eigenvalue weighted by molar-refractivity contribution is 0.476. The Morgan fingerprint density at radius 3 is 2.83 bits per heavy atom. The molecular formula is C8H4FIOS. The molecule has 0 saturated carbocycles. The standard InChI is InChI=1S/C8H4FIOS/c9-5-1-4-2-7(10)12-8(4)6(11)3-5/h1-3,11H. The number of phenols is 1. The molecular weight excluding hydrogens is 290 g/mol. The Kier molecular flexibility index (Phi) is 1.96. The zero-order valence-electron chi connectivity index (χ0n) is 5.84. The minimum absolute atomic E-state index is 0.0258. The fourth-order valence-electron chi connectivity index (χ4n) is 1.07. The van der Waals surface area contributed by atoms with Gasteiger partial charge in [-0.1, -0.05) is 0 Å². The van der Waals surface area contributed by atoms with Gasteiger partial charge in [-0.15, -0.1) is 11.3 Å². The molecule has 1 aromatic carbocycles. The second-order valence-electron chi connectivity index (χ2n) is 2.39. The van der Waals surface area contributed by atoms with Crippen LogP contribution in [0.4, 0.5) is 4.39 Å². The lowest BCUT2D eigenvalue weighted by Crippen LogP contribution is -1.71. The summed E-state index contributed by atoms with van der Waals surface area (Å²) in [6.07, 6.45) is 0. The monoisotopic (exact) mass is 294 g/mol. The van der Waals surface area contributed by atoms with Crippen LogP contribution in [0.25, 0.3) is 10.1 Å². The van der Waals surface area contributed by atoms with E-state index >= 15 is 0 Å². The molecule has 12 heavy (non-hydrogen) atoms. The van der Waals surface area contributed by atoms with E-state index in [9.17, 15) is 9.50 Å². The number of hydrogen-bond acceptors (Lipinski definition) is 2. The number of benzene rings is 1. The molecule has 1 N–H and O–H groups in total. The fraction of sp³-hybridized carbons (Fsp3) is 0. The minimum atomic E-state index is -0.394. The van der Waals surface area contributed by atoms with Crippen LogP contribution in [0.5, 0.6) is 5.75 Å². The van der Waals surface area contributed by atoms with Crippen molar-refractivity contribution in [3.8, 4) is 5.75 Å². The highest BCUT2D eigenvalue weighted by atomic mass is 127. The van der Waals surface area contributed by atoms with Crippen LogP contribution in [0, 0.1) is 8.70 Å². The largest absolute Gasteiger partial charge is 0.506 e. The first-order valence-corrected chi connectivity index (χ1v) is 5.14. The van der Waals surface area contributed by atoms with Crippen molar-refractivity contribution >= 4 is 44.0 Å². The molecule has 1 aromatic heterocycles.